The predicted octanol–water partition coefficient (Wildman–Crippen LogP) is 4.49. The Morgan fingerprint density at radius 2 is 1.65 bits per heavy atom. The van der Waals surface area contributed by atoms with E-state index >= 15 is 0 Å². The van der Waals surface area contributed by atoms with Gasteiger partial charge in [-0.15, -0.1) is 0 Å². The Morgan fingerprint density at radius 3 is 2.27 bits per heavy atom. The lowest BCUT2D eigenvalue weighted by Gasteiger charge is -2.29. The van der Waals surface area contributed by atoms with Crippen molar-refractivity contribution in [2.45, 2.75) is 12.1 Å². The monoisotopic (exact) mass is 532 g/mol. The maximum absolute atomic E-state index is 11.7. The molecule has 8 nitrogen and oxygen atoms in total. The van der Waals surface area contributed by atoms with Gasteiger partial charge in [-0.05, 0) is 85.0 Å². The number of hydrogen-bond acceptors (Lipinski definition) is 5. The van der Waals surface area contributed by atoms with Gasteiger partial charge >= 0.3 is 0 Å². The molecule has 0 bridgehead atoms. The van der Waals surface area contributed by atoms with E-state index in [0.717, 1.165) is 34.7 Å². The van der Waals surface area contributed by atoms with E-state index in [9.17, 15) is 8.42 Å². The minimum Gasteiger partial charge on any atom is -0.378 e. The molecule has 2 aromatic heterocycles. The van der Waals surface area contributed by atoms with Crippen LogP contribution >= 0.6 is 12.2 Å². The highest BCUT2D eigenvalue weighted by atomic mass is 32.2. The molecule has 1 aliphatic rings. The van der Waals surface area contributed by atoms with E-state index in [1.54, 1.807) is 18.3 Å². The summed E-state index contributed by atoms with van der Waals surface area (Å²) in [5.41, 5.74) is 5.41. The van der Waals surface area contributed by atoms with E-state index < -0.39 is 10.0 Å². The lowest BCUT2D eigenvalue weighted by atomic mass is 10.0. The molecule has 5 rings (SSSR count). The Bertz CT molecular complexity index is 1500. The number of hydrogen-bond donors (Lipinski definition) is 2. The summed E-state index contributed by atoms with van der Waals surface area (Å²) in [5.74, 6) is 0. The summed E-state index contributed by atoms with van der Waals surface area (Å²) in [7, 11) is 0.670. The Morgan fingerprint density at radius 1 is 0.946 bits per heavy atom. The van der Waals surface area contributed by atoms with Crippen LogP contribution in [0.3, 0.4) is 0 Å². The Hall–Kier alpha value is -3.89. The van der Waals surface area contributed by atoms with Gasteiger partial charge in [0.1, 0.15) is 6.04 Å². The maximum atomic E-state index is 11.7. The van der Waals surface area contributed by atoms with E-state index in [4.69, 9.17) is 12.2 Å². The second kappa shape index (κ2) is 9.87. The molecule has 190 valence electrons. The summed E-state index contributed by atoms with van der Waals surface area (Å²) < 4.78 is 28.0. The molecular formula is C27H28N6O2S2. The van der Waals surface area contributed by atoms with Crippen LogP contribution in [0.2, 0.25) is 0 Å². The molecule has 2 unspecified atom stereocenters. The Balaban J connectivity index is 1.59. The van der Waals surface area contributed by atoms with Crippen LogP contribution in [0.25, 0.3) is 5.69 Å². The van der Waals surface area contributed by atoms with Gasteiger partial charge in [0.05, 0.1) is 18.0 Å². The van der Waals surface area contributed by atoms with Crippen molar-refractivity contribution in [3.05, 3.63) is 103 Å². The van der Waals surface area contributed by atoms with Crippen molar-refractivity contribution in [2.24, 2.45) is 0 Å². The highest BCUT2D eigenvalue weighted by molar-refractivity contribution is 7.92. The molecule has 2 aromatic carbocycles. The molecule has 0 radical (unpaired) electrons. The lowest BCUT2D eigenvalue weighted by molar-refractivity contribution is 0.549. The fourth-order valence-electron chi connectivity index (χ4n) is 4.62. The minimum absolute atomic E-state index is 0.197. The van der Waals surface area contributed by atoms with E-state index in [1.165, 1.54) is 0 Å². The van der Waals surface area contributed by atoms with Crippen molar-refractivity contribution in [2.75, 3.05) is 34.9 Å². The molecule has 37 heavy (non-hydrogen) atoms. The highest BCUT2D eigenvalue weighted by Crippen LogP contribution is 2.42. The third-order valence-electron chi connectivity index (χ3n) is 6.27. The summed E-state index contributed by atoms with van der Waals surface area (Å²) in [5, 5.41) is 4.05. The van der Waals surface area contributed by atoms with Crippen LogP contribution in [0.15, 0.2) is 91.3 Å². The zero-order chi connectivity index (χ0) is 26.2. The number of sulfonamides is 1. The average Bonchev–Trinajstić information content (AvgIpc) is 3.48. The molecule has 4 aromatic rings. The van der Waals surface area contributed by atoms with E-state index in [-0.39, 0.29) is 12.1 Å². The van der Waals surface area contributed by atoms with Gasteiger partial charge in [-0.2, -0.15) is 0 Å². The molecule has 2 N–H and O–H groups in total. The number of aromatic nitrogens is 2. The van der Waals surface area contributed by atoms with Crippen molar-refractivity contribution in [3.8, 4) is 5.69 Å². The number of benzene rings is 2. The molecule has 1 saturated heterocycles. The fourth-order valence-corrected chi connectivity index (χ4v) is 5.53. The van der Waals surface area contributed by atoms with Crippen LogP contribution in [0.1, 0.15) is 23.5 Å². The first kappa shape index (κ1) is 24.8. The van der Waals surface area contributed by atoms with Crippen molar-refractivity contribution in [3.63, 3.8) is 0 Å². The molecule has 2 atom stereocenters. The van der Waals surface area contributed by atoms with Crippen molar-refractivity contribution >= 4 is 44.4 Å². The second-order valence-corrected chi connectivity index (χ2v) is 11.3. The highest BCUT2D eigenvalue weighted by Gasteiger charge is 2.42. The van der Waals surface area contributed by atoms with Crippen LogP contribution in [-0.2, 0) is 10.0 Å². The number of nitrogens with one attached hydrogen (secondary N) is 2. The molecule has 0 aliphatic carbocycles. The third kappa shape index (κ3) is 5.16. The molecule has 1 aliphatic heterocycles. The molecular weight excluding hydrogens is 504 g/mol. The van der Waals surface area contributed by atoms with Crippen LogP contribution in [0.5, 0.6) is 0 Å². The standard InChI is InChI=1S/C27H28N6O2S2/c1-31(2)20-13-15-21(16-14-20)32-18-6-8-24(32)26-25(23-7-4-5-17-28-23)29-27(36)33(26)22-11-9-19(10-12-22)30-37(3,34)35/h4-18,25-26,30H,1-3H3,(H,29,36). The van der Waals surface area contributed by atoms with E-state index in [0.29, 0.717) is 10.8 Å². The topological polar surface area (TPSA) is 82.5 Å². The predicted molar refractivity (Wildman–Crippen MR) is 153 cm³/mol. The normalized spacial score (nSPS) is 17.5. The molecule has 0 saturated carbocycles. The summed E-state index contributed by atoms with van der Waals surface area (Å²) in [6.07, 6.45) is 4.96. The van der Waals surface area contributed by atoms with Crippen molar-refractivity contribution in [1.29, 1.82) is 0 Å². The van der Waals surface area contributed by atoms with Crippen molar-refractivity contribution in [1.82, 2.24) is 14.9 Å². The Labute approximate surface area is 222 Å². The fraction of sp³-hybridized carbons (Fsp3) is 0.185. The van der Waals surface area contributed by atoms with Gasteiger partial charge in [0, 0.05) is 54.9 Å². The number of anilines is 3. The van der Waals surface area contributed by atoms with E-state index in [2.05, 4.69) is 59.7 Å². The molecule has 10 heteroatoms. The maximum Gasteiger partial charge on any atom is 0.229 e. The number of rotatable bonds is 7. The largest absolute Gasteiger partial charge is 0.378 e. The second-order valence-electron chi connectivity index (χ2n) is 9.13. The van der Waals surface area contributed by atoms with Crippen LogP contribution in [0, 0.1) is 0 Å². The van der Waals surface area contributed by atoms with Gasteiger partial charge in [0.15, 0.2) is 5.11 Å². The van der Waals surface area contributed by atoms with Crippen molar-refractivity contribution < 1.29 is 8.42 Å². The smallest absolute Gasteiger partial charge is 0.229 e. The van der Waals surface area contributed by atoms with Crippen LogP contribution in [-0.4, -0.2) is 43.4 Å². The third-order valence-corrected chi connectivity index (χ3v) is 7.20. The summed E-state index contributed by atoms with van der Waals surface area (Å²) >= 11 is 5.84. The van der Waals surface area contributed by atoms with Gasteiger partial charge in [-0.25, -0.2) is 8.42 Å². The summed E-state index contributed by atoms with van der Waals surface area (Å²) in [4.78, 5) is 8.77. The molecule has 3 heterocycles. The van der Waals surface area contributed by atoms with E-state index in [1.807, 2.05) is 56.7 Å². The molecule has 1 fully saturated rings. The Kier molecular flexibility index (Phi) is 6.61. The van der Waals surface area contributed by atoms with Gasteiger partial charge in [-0.1, -0.05) is 6.07 Å². The lowest BCUT2D eigenvalue weighted by Crippen LogP contribution is -2.30. The first-order valence-electron chi connectivity index (χ1n) is 11.7. The van der Waals surface area contributed by atoms with Gasteiger partial charge < -0.3 is 19.7 Å². The minimum atomic E-state index is -3.37. The molecule has 0 spiro atoms. The number of nitrogens with zero attached hydrogens (tertiary/aromatic N) is 4. The zero-order valence-electron chi connectivity index (χ0n) is 20.7. The molecule has 0 amide bonds. The van der Waals surface area contributed by atoms with Crippen LogP contribution in [0.4, 0.5) is 17.1 Å². The van der Waals surface area contributed by atoms with Gasteiger partial charge in [-0.3, -0.25) is 9.71 Å². The zero-order valence-corrected chi connectivity index (χ0v) is 22.4. The number of pyridine rings is 1. The first-order chi connectivity index (χ1) is 17.7. The quantitative estimate of drug-likeness (QED) is 0.340. The summed E-state index contributed by atoms with van der Waals surface area (Å²) in [6.45, 7) is 0. The van der Waals surface area contributed by atoms with Gasteiger partial charge in [0.25, 0.3) is 0 Å². The number of thiocarbonyl (C=S) groups is 1. The average molecular weight is 533 g/mol. The van der Waals surface area contributed by atoms with Gasteiger partial charge in [0.2, 0.25) is 10.0 Å². The summed E-state index contributed by atoms with van der Waals surface area (Å²) in [6, 6.07) is 25.2. The SMILES string of the molecule is CN(C)c1ccc(-n2cccc2C2C(c3ccccn3)NC(=S)N2c2ccc(NS(C)(=O)=O)cc2)cc1. The first-order valence-corrected chi connectivity index (χ1v) is 14.0. The van der Waals surface area contributed by atoms with Crippen LogP contribution < -0.4 is 19.8 Å².